The average Bonchev–Trinajstić information content (AvgIpc) is 2.46. The highest BCUT2D eigenvalue weighted by Crippen LogP contribution is 2.09. The van der Waals surface area contributed by atoms with Gasteiger partial charge in [-0.1, -0.05) is 29.8 Å². The summed E-state index contributed by atoms with van der Waals surface area (Å²) >= 11 is 0. The molecule has 0 aliphatic carbocycles. The Balaban J connectivity index is 1.76. The van der Waals surface area contributed by atoms with Crippen LogP contribution in [0.15, 0.2) is 24.3 Å². The molecule has 1 aromatic carbocycles. The Kier molecular flexibility index (Phi) is 5.32. The van der Waals surface area contributed by atoms with E-state index in [1.807, 2.05) is 31.2 Å². The summed E-state index contributed by atoms with van der Waals surface area (Å²) in [4.78, 5) is 17.0. The first-order valence-corrected chi connectivity index (χ1v) is 7.62. The minimum Gasteiger partial charge on any atom is -0.300 e. The molecule has 110 valence electrons. The van der Waals surface area contributed by atoms with Crippen molar-refractivity contribution in [2.75, 3.05) is 32.7 Å². The molecule has 0 atom stereocenters. The SMILES string of the molecule is Cc1ccc(C(=O)CCN2CCN(C(C)C)CC2)cc1. The zero-order chi connectivity index (χ0) is 14.5. The lowest BCUT2D eigenvalue weighted by Gasteiger charge is -2.36. The van der Waals surface area contributed by atoms with Gasteiger partial charge in [-0.3, -0.25) is 9.69 Å². The van der Waals surface area contributed by atoms with Crippen LogP contribution in [0.2, 0.25) is 0 Å². The Morgan fingerprint density at radius 1 is 1.10 bits per heavy atom. The molecule has 0 N–H and O–H groups in total. The molecule has 3 heteroatoms. The predicted molar refractivity (Wildman–Crippen MR) is 83.3 cm³/mol. The molecule has 0 saturated carbocycles. The van der Waals surface area contributed by atoms with Crippen LogP contribution in [0, 0.1) is 6.92 Å². The number of hydrogen-bond acceptors (Lipinski definition) is 3. The highest BCUT2D eigenvalue weighted by atomic mass is 16.1. The van der Waals surface area contributed by atoms with Crippen molar-refractivity contribution < 1.29 is 4.79 Å². The molecular weight excluding hydrogens is 248 g/mol. The maximum absolute atomic E-state index is 12.1. The first-order valence-electron chi connectivity index (χ1n) is 7.62. The number of ketones is 1. The van der Waals surface area contributed by atoms with Crippen molar-refractivity contribution in [1.82, 2.24) is 9.80 Å². The fourth-order valence-electron chi connectivity index (χ4n) is 2.65. The zero-order valence-corrected chi connectivity index (χ0v) is 12.9. The van der Waals surface area contributed by atoms with Crippen LogP contribution in [0.1, 0.15) is 36.2 Å². The summed E-state index contributed by atoms with van der Waals surface area (Å²) in [5.41, 5.74) is 2.04. The molecule has 0 aromatic heterocycles. The Labute approximate surface area is 122 Å². The highest BCUT2D eigenvalue weighted by molar-refractivity contribution is 5.96. The molecule has 1 aromatic rings. The molecule has 1 aliphatic rings. The van der Waals surface area contributed by atoms with Crippen molar-refractivity contribution in [3.8, 4) is 0 Å². The molecule has 0 spiro atoms. The monoisotopic (exact) mass is 274 g/mol. The zero-order valence-electron chi connectivity index (χ0n) is 12.9. The van der Waals surface area contributed by atoms with Gasteiger partial charge in [-0.15, -0.1) is 0 Å². The number of rotatable bonds is 5. The van der Waals surface area contributed by atoms with E-state index < -0.39 is 0 Å². The van der Waals surface area contributed by atoms with Gasteiger partial charge in [-0.25, -0.2) is 0 Å². The number of aryl methyl sites for hydroxylation is 1. The van der Waals surface area contributed by atoms with Gasteiger partial charge < -0.3 is 4.90 Å². The van der Waals surface area contributed by atoms with Crippen LogP contribution in [-0.4, -0.2) is 54.3 Å². The van der Waals surface area contributed by atoms with Gasteiger partial charge in [-0.2, -0.15) is 0 Å². The lowest BCUT2D eigenvalue weighted by molar-refractivity contribution is 0.0890. The summed E-state index contributed by atoms with van der Waals surface area (Å²) in [5.74, 6) is 0.260. The second-order valence-corrected chi connectivity index (χ2v) is 6.01. The fourth-order valence-corrected chi connectivity index (χ4v) is 2.65. The van der Waals surface area contributed by atoms with Crippen LogP contribution in [0.4, 0.5) is 0 Å². The quantitative estimate of drug-likeness (QED) is 0.771. The molecule has 0 amide bonds. The van der Waals surface area contributed by atoms with E-state index in [4.69, 9.17) is 0 Å². The summed E-state index contributed by atoms with van der Waals surface area (Å²) in [6, 6.07) is 8.53. The largest absolute Gasteiger partial charge is 0.300 e. The first-order chi connectivity index (χ1) is 9.56. The molecule has 2 rings (SSSR count). The molecule has 1 saturated heterocycles. The molecular formula is C17H26N2O. The lowest BCUT2D eigenvalue weighted by Crippen LogP contribution is -2.49. The second kappa shape index (κ2) is 7.00. The summed E-state index contributed by atoms with van der Waals surface area (Å²) in [6.45, 7) is 11.8. The molecule has 1 heterocycles. The van der Waals surface area contributed by atoms with Gasteiger partial charge in [0, 0.05) is 50.7 Å². The van der Waals surface area contributed by atoms with Crippen LogP contribution in [-0.2, 0) is 0 Å². The number of Topliss-reactive ketones (excluding diaryl/α,β-unsaturated/α-hetero) is 1. The van der Waals surface area contributed by atoms with Crippen LogP contribution in [0.25, 0.3) is 0 Å². The average molecular weight is 274 g/mol. The van der Waals surface area contributed by atoms with Crippen molar-refractivity contribution >= 4 is 5.78 Å². The Morgan fingerprint density at radius 3 is 2.25 bits per heavy atom. The standard InChI is InChI=1S/C17H26N2O/c1-14(2)19-12-10-18(11-13-19)9-8-17(20)16-6-4-15(3)5-7-16/h4-7,14H,8-13H2,1-3H3. The van der Waals surface area contributed by atoms with Gasteiger partial charge in [-0.05, 0) is 20.8 Å². The van der Waals surface area contributed by atoms with Crippen molar-refractivity contribution in [2.45, 2.75) is 33.2 Å². The highest BCUT2D eigenvalue weighted by Gasteiger charge is 2.19. The van der Waals surface area contributed by atoms with E-state index in [0.717, 1.165) is 38.3 Å². The minimum atomic E-state index is 0.260. The number of nitrogens with zero attached hydrogens (tertiary/aromatic N) is 2. The second-order valence-electron chi connectivity index (χ2n) is 6.01. The van der Waals surface area contributed by atoms with Gasteiger partial charge >= 0.3 is 0 Å². The third-order valence-corrected chi connectivity index (χ3v) is 4.17. The summed E-state index contributed by atoms with van der Waals surface area (Å²) < 4.78 is 0. The minimum absolute atomic E-state index is 0.260. The summed E-state index contributed by atoms with van der Waals surface area (Å²) in [5, 5.41) is 0. The van der Waals surface area contributed by atoms with Crippen LogP contribution >= 0.6 is 0 Å². The smallest absolute Gasteiger partial charge is 0.164 e. The Bertz CT molecular complexity index is 431. The maximum Gasteiger partial charge on any atom is 0.164 e. The molecule has 3 nitrogen and oxygen atoms in total. The maximum atomic E-state index is 12.1. The fraction of sp³-hybridized carbons (Fsp3) is 0.588. The predicted octanol–water partition coefficient (Wildman–Crippen LogP) is 2.59. The van der Waals surface area contributed by atoms with Gasteiger partial charge in [0.25, 0.3) is 0 Å². The van der Waals surface area contributed by atoms with Gasteiger partial charge in [0.2, 0.25) is 0 Å². The van der Waals surface area contributed by atoms with E-state index in [9.17, 15) is 4.79 Å². The van der Waals surface area contributed by atoms with E-state index in [1.165, 1.54) is 5.56 Å². The van der Waals surface area contributed by atoms with Crippen LogP contribution in [0.5, 0.6) is 0 Å². The molecule has 1 aliphatic heterocycles. The lowest BCUT2D eigenvalue weighted by atomic mass is 10.1. The van der Waals surface area contributed by atoms with Crippen molar-refractivity contribution in [3.05, 3.63) is 35.4 Å². The van der Waals surface area contributed by atoms with Crippen molar-refractivity contribution in [1.29, 1.82) is 0 Å². The molecule has 0 radical (unpaired) electrons. The van der Waals surface area contributed by atoms with Crippen molar-refractivity contribution in [2.24, 2.45) is 0 Å². The van der Waals surface area contributed by atoms with E-state index in [1.54, 1.807) is 0 Å². The topological polar surface area (TPSA) is 23.6 Å². The van der Waals surface area contributed by atoms with Gasteiger partial charge in [0.15, 0.2) is 5.78 Å². The Hall–Kier alpha value is -1.19. The summed E-state index contributed by atoms with van der Waals surface area (Å²) in [7, 11) is 0. The number of carbonyl (C=O) groups excluding carboxylic acids is 1. The molecule has 0 unspecified atom stereocenters. The van der Waals surface area contributed by atoms with E-state index >= 15 is 0 Å². The van der Waals surface area contributed by atoms with Crippen LogP contribution < -0.4 is 0 Å². The number of piperazine rings is 1. The Morgan fingerprint density at radius 2 is 1.70 bits per heavy atom. The molecule has 20 heavy (non-hydrogen) atoms. The van der Waals surface area contributed by atoms with Gasteiger partial charge in [0.1, 0.15) is 0 Å². The van der Waals surface area contributed by atoms with E-state index in [2.05, 4.69) is 23.6 Å². The van der Waals surface area contributed by atoms with Crippen molar-refractivity contribution in [3.63, 3.8) is 0 Å². The molecule has 0 bridgehead atoms. The van der Waals surface area contributed by atoms with E-state index in [0.29, 0.717) is 12.5 Å². The van der Waals surface area contributed by atoms with E-state index in [-0.39, 0.29) is 5.78 Å². The first kappa shape index (κ1) is 15.2. The number of benzene rings is 1. The number of carbonyl (C=O) groups is 1. The third-order valence-electron chi connectivity index (χ3n) is 4.17. The summed E-state index contributed by atoms with van der Waals surface area (Å²) in [6.07, 6.45) is 0.630. The normalized spacial score (nSPS) is 17.6. The van der Waals surface area contributed by atoms with Gasteiger partial charge in [0.05, 0.1) is 0 Å². The van der Waals surface area contributed by atoms with Crippen LogP contribution in [0.3, 0.4) is 0 Å². The molecule has 1 fully saturated rings. The third kappa shape index (κ3) is 4.15. The number of hydrogen-bond donors (Lipinski definition) is 0.